The summed E-state index contributed by atoms with van der Waals surface area (Å²) in [5.41, 5.74) is 6.32. The van der Waals surface area contributed by atoms with Crippen molar-refractivity contribution in [2.45, 2.75) is 58.9 Å². The van der Waals surface area contributed by atoms with Crippen molar-refractivity contribution in [2.24, 2.45) is 0 Å². The highest BCUT2D eigenvalue weighted by molar-refractivity contribution is 5.98. The van der Waals surface area contributed by atoms with Crippen molar-refractivity contribution in [1.29, 1.82) is 0 Å². The molecule has 0 aliphatic heterocycles. The highest BCUT2D eigenvalue weighted by atomic mass is 15.0. The maximum atomic E-state index is 4.44. The highest BCUT2D eigenvalue weighted by Crippen LogP contribution is 2.34. The maximum Gasteiger partial charge on any atom is 0.0488 e. The molecule has 0 atom stereocenters. The van der Waals surface area contributed by atoms with Gasteiger partial charge in [0.2, 0.25) is 0 Å². The second-order valence-corrected chi connectivity index (χ2v) is 7.74. The van der Waals surface area contributed by atoms with Crippen LogP contribution in [-0.2, 0) is 6.54 Å². The van der Waals surface area contributed by atoms with Crippen LogP contribution >= 0.6 is 0 Å². The molecule has 0 aliphatic rings. The monoisotopic (exact) mass is 390 g/mol. The van der Waals surface area contributed by atoms with E-state index >= 15 is 0 Å². The molecule has 0 spiro atoms. The molecule has 0 saturated carbocycles. The summed E-state index contributed by atoms with van der Waals surface area (Å²) in [7, 11) is 3.75. The fraction of sp³-hybridized carbons (Fsp3) is 0.407. The van der Waals surface area contributed by atoms with Crippen molar-refractivity contribution >= 4 is 16.5 Å². The Balaban J connectivity index is 0.000000941. The summed E-state index contributed by atoms with van der Waals surface area (Å²) in [6, 6.07) is 19.3. The minimum absolute atomic E-state index is 1.10. The lowest BCUT2D eigenvalue weighted by molar-refractivity contribution is 0.560. The van der Waals surface area contributed by atoms with Crippen LogP contribution < -0.4 is 5.32 Å². The van der Waals surface area contributed by atoms with E-state index in [2.05, 4.69) is 84.9 Å². The first-order valence-corrected chi connectivity index (χ1v) is 11.1. The molecule has 1 N–H and O–H groups in total. The first-order valence-electron chi connectivity index (χ1n) is 11.1. The molecule has 0 radical (unpaired) electrons. The summed E-state index contributed by atoms with van der Waals surface area (Å²) < 4.78 is 2.50. The molecule has 0 saturated heterocycles. The number of unbranched alkanes of at least 4 members (excludes halogenated alkanes) is 5. The molecule has 0 amide bonds. The second kappa shape index (κ2) is 12.3. The summed E-state index contributed by atoms with van der Waals surface area (Å²) in [5, 5.41) is 4.07. The lowest BCUT2D eigenvalue weighted by Crippen LogP contribution is -2.01. The van der Waals surface area contributed by atoms with Crippen molar-refractivity contribution in [2.75, 3.05) is 14.1 Å². The number of nitrogens with one attached hydrogen (secondary N) is 1. The predicted octanol–water partition coefficient (Wildman–Crippen LogP) is 7.21. The van der Waals surface area contributed by atoms with Crippen LogP contribution in [0, 0.1) is 6.92 Å². The van der Waals surface area contributed by atoms with E-state index in [1.54, 1.807) is 0 Å². The van der Waals surface area contributed by atoms with Crippen molar-refractivity contribution in [3.8, 4) is 0 Å². The molecule has 0 aliphatic carbocycles. The van der Waals surface area contributed by atoms with Crippen LogP contribution in [0.2, 0.25) is 0 Å². The smallest absolute Gasteiger partial charge is 0.0488 e. The zero-order valence-corrected chi connectivity index (χ0v) is 18.8. The summed E-state index contributed by atoms with van der Waals surface area (Å²) in [6.07, 6.45) is 7.98. The Labute approximate surface area is 177 Å². The summed E-state index contributed by atoms with van der Waals surface area (Å²) in [6.45, 7) is 10.1. The van der Waals surface area contributed by atoms with Crippen LogP contribution in [0.4, 0.5) is 0 Å². The zero-order chi connectivity index (χ0) is 21.1. The first-order chi connectivity index (χ1) is 14.2. The molecule has 156 valence electrons. The number of nitrogens with zero attached hydrogens (tertiary/aromatic N) is 1. The molecule has 2 nitrogen and oxygen atoms in total. The predicted molar refractivity (Wildman–Crippen MR) is 130 cm³/mol. The third-order valence-electron chi connectivity index (χ3n) is 5.39. The minimum Gasteiger partial charge on any atom is -0.344 e. The summed E-state index contributed by atoms with van der Waals surface area (Å²) >= 11 is 0. The Hall–Kier alpha value is -2.32. The van der Waals surface area contributed by atoms with Crippen LogP contribution in [0.25, 0.3) is 16.5 Å². The van der Waals surface area contributed by atoms with E-state index in [9.17, 15) is 0 Å². The van der Waals surface area contributed by atoms with E-state index in [4.69, 9.17) is 0 Å². The van der Waals surface area contributed by atoms with E-state index in [-0.39, 0.29) is 0 Å². The Morgan fingerprint density at radius 3 is 2.14 bits per heavy atom. The molecule has 2 aromatic carbocycles. The van der Waals surface area contributed by atoms with Gasteiger partial charge in [-0.25, -0.2) is 0 Å². The molecular formula is C27H38N2. The van der Waals surface area contributed by atoms with Gasteiger partial charge < -0.3 is 9.88 Å². The molecule has 1 aromatic heterocycles. The van der Waals surface area contributed by atoms with Crippen LogP contribution in [-0.4, -0.2) is 18.7 Å². The quantitative estimate of drug-likeness (QED) is 0.382. The maximum absolute atomic E-state index is 4.44. The van der Waals surface area contributed by atoms with Gasteiger partial charge in [-0.15, -0.1) is 0 Å². The van der Waals surface area contributed by atoms with Gasteiger partial charge in [-0.2, -0.15) is 0 Å². The second-order valence-electron chi connectivity index (χ2n) is 7.74. The summed E-state index contributed by atoms with van der Waals surface area (Å²) in [5.74, 6) is 0. The lowest BCUT2D eigenvalue weighted by atomic mass is 9.97. The van der Waals surface area contributed by atoms with Gasteiger partial charge in [0.1, 0.15) is 0 Å². The topological polar surface area (TPSA) is 17.0 Å². The Morgan fingerprint density at radius 2 is 1.45 bits per heavy atom. The average molecular weight is 391 g/mol. The van der Waals surface area contributed by atoms with Gasteiger partial charge in [0.15, 0.2) is 0 Å². The van der Waals surface area contributed by atoms with Crippen molar-refractivity contribution < 1.29 is 0 Å². The Bertz CT molecular complexity index is 874. The molecule has 3 rings (SSSR count). The van der Waals surface area contributed by atoms with Gasteiger partial charge in [0.25, 0.3) is 0 Å². The third-order valence-corrected chi connectivity index (χ3v) is 5.39. The SMILES string of the molecule is C=C(c1ccccc1)c1c(C)n(CCCCCCCC)c2ccccc12.CNC. The molecule has 3 aromatic rings. The number of fused-ring (bicyclic) bond motifs is 1. The average Bonchev–Trinajstić information content (AvgIpc) is 3.03. The van der Waals surface area contributed by atoms with Gasteiger partial charge in [-0.05, 0) is 44.6 Å². The van der Waals surface area contributed by atoms with Gasteiger partial charge in [0, 0.05) is 28.7 Å². The standard InChI is InChI=1S/C25H31N.C2H7N/c1-4-5-6-7-8-14-19-26-21(3)25(23-17-12-13-18-24(23)26)20(2)22-15-10-9-11-16-22;1-3-2/h9-13,15-18H,2,4-8,14,19H2,1,3H3;3H,1-2H3. The van der Waals surface area contributed by atoms with E-state index in [0.29, 0.717) is 0 Å². The van der Waals surface area contributed by atoms with E-state index in [0.717, 1.165) is 12.1 Å². The minimum atomic E-state index is 1.10. The molecule has 2 heteroatoms. The van der Waals surface area contributed by atoms with Gasteiger partial charge in [-0.1, -0.05) is 94.1 Å². The number of aromatic nitrogens is 1. The van der Waals surface area contributed by atoms with Gasteiger partial charge >= 0.3 is 0 Å². The third kappa shape index (κ3) is 6.08. The molecule has 0 bridgehead atoms. The normalized spacial score (nSPS) is 10.6. The molecular weight excluding hydrogens is 352 g/mol. The highest BCUT2D eigenvalue weighted by Gasteiger charge is 2.16. The van der Waals surface area contributed by atoms with Crippen molar-refractivity contribution in [3.63, 3.8) is 0 Å². The zero-order valence-electron chi connectivity index (χ0n) is 18.8. The van der Waals surface area contributed by atoms with Crippen LogP contribution in [0.3, 0.4) is 0 Å². The van der Waals surface area contributed by atoms with E-state index in [1.165, 1.54) is 66.2 Å². The number of hydrogen-bond donors (Lipinski definition) is 1. The fourth-order valence-electron chi connectivity index (χ4n) is 3.93. The van der Waals surface area contributed by atoms with Gasteiger partial charge in [0.05, 0.1) is 0 Å². The number of benzene rings is 2. The molecule has 0 unspecified atom stereocenters. The van der Waals surface area contributed by atoms with E-state index < -0.39 is 0 Å². The van der Waals surface area contributed by atoms with Gasteiger partial charge in [-0.3, -0.25) is 0 Å². The number of hydrogen-bond acceptors (Lipinski definition) is 1. The number of aryl methyl sites for hydroxylation is 1. The lowest BCUT2D eigenvalue weighted by Gasteiger charge is -2.10. The van der Waals surface area contributed by atoms with Crippen LogP contribution in [0.5, 0.6) is 0 Å². The first kappa shape index (κ1) is 23.0. The van der Waals surface area contributed by atoms with Crippen molar-refractivity contribution in [1.82, 2.24) is 9.88 Å². The Morgan fingerprint density at radius 1 is 0.862 bits per heavy atom. The van der Waals surface area contributed by atoms with E-state index in [1.807, 2.05) is 14.1 Å². The number of rotatable bonds is 9. The molecule has 0 fully saturated rings. The molecule has 29 heavy (non-hydrogen) atoms. The Kier molecular flexibility index (Phi) is 9.73. The van der Waals surface area contributed by atoms with Crippen LogP contribution in [0.15, 0.2) is 61.2 Å². The summed E-state index contributed by atoms with van der Waals surface area (Å²) in [4.78, 5) is 0. The van der Waals surface area contributed by atoms with Crippen molar-refractivity contribution in [3.05, 3.63) is 78.0 Å². The van der Waals surface area contributed by atoms with Crippen LogP contribution in [0.1, 0.15) is 62.3 Å². The fourth-order valence-corrected chi connectivity index (χ4v) is 3.93. The largest absolute Gasteiger partial charge is 0.344 e. The molecule has 1 heterocycles. The number of para-hydroxylation sites is 1.